The smallest absolute Gasteiger partial charge is 0.371 e. The van der Waals surface area contributed by atoms with Gasteiger partial charge in [-0.3, -0.25) is 19.3 Å². The first-order valence-corrected chi connectivity index (χ1v) is 11.9. The number of hydrogen-bond acceptors (Lipinski definition) is 8. The van der Waals surface area contributed by atoms with Crippen LogP contribution in [0, 0.1) is 0 Å². The number of carbonyl (C=O) groups excluding carboxylic acids is 3. The summed E-state index contributed by atoms with van der Waals surface area (Å²) in [6, 6.07) is 14.1. The van der Waals surface area contributed by atoms with Gasteiger partial charge in [0.1, 0.15) is 18.9 Å². The first-order chi connectivity index (χ1) is 17.7. The third-order valence-corrected chi connectivity index (χ3v) is 6.19. The van der Waals surface area contributed by atoms with Gasteiger partial charge in [-0.2, -0.15) is 0 Å². The molecular weight excluding hydrogens is 524 g/mol. The number of nitrogens with zero attached hydrogens (tertiary/aromatic N) is 1. The molecule has 2 heterocycles. The molecule has 3 amide bonds. The summed E-state index contributed by atoms with van der Waals surface area (Å²) in [5.74, 6) is -1.47. The molecule has 0 bridgehead atoms. The number of furan rings is 1. The Morgan fingerprint density at radius 1 is 1.11 bits per heavy atom. The Labute approximate surface area is 219 Å². The molecule has 3 aromatic rings. The second-order valence-electron chi connectivity index (χ2n) is 7.59. The largest absolute Gasteiger partial charge is 0.493 e. The van der Waals surface area contributed by atoms with E-state index in [0.717, 1.165) is 16.7 Å². The number of carboxylic acids is 1. The topological polar surface area (TPSA) is 135 Å². The van der Waals surface area contributed by atoms with Crippen molar-refractivity contribution < 1.29 is 38.2 Å². The lowest BCUT2D eigenvalue weighted by Crippen LogP contribution is -2.36. The molecule has 2 aromatic carbocycles. The minimum Gasteiger partial charge on any atom is -0.493 e. The molecule has 0 atom stereocenters. The highest BCUT2D eigenvalue weighted by atomic mass is 35.5. The fraction of sp³-hybridized carbons (Fsp3) is 0.120. The number of imide groups is 1. The van der Waals surface area contributed by atoms with Crippen LogP contribution in [0.1, 0.15) is 21.9 Å². The van der Waals surface area contributed by atoms with Crippen molar-refractivity contribution in [1.82, 2.24) is 4.90 Å². The van der Waals surface area contributed by atoms with E-state index in [1.807, 2.05) is 0 Å². The standard InChI is InChI=1S/C25H19ClN2O8S/c1-34-20-10-14(2-8-18(20)35-13-17-7-9-19(36-17)24(31)32)11-21-23(30)28(25(33)37-21)12-22(29)27-16-5-3-15(26)4-6-16/h2-11H,12-13H2,1H3,(H,27,29)(H,31,32)/b21-11-. The number of halogens is 1. The third kappa shape index (κ3) is 6.32. The Balaban J connectivity index is 1.41. The monoisotopic (exact) mass is 542 g/mol. The normalized spacial score (nSPS) is 14.2. The molecule has 0 aliphatic carbocycles. The van der Waals surface area contributed by atoms with Gasteiger partial charge >= 0.3 is 5.97 Å². The zero-order chi connectivity index (χ0) is 26.5. The van der Waals surface area contributed by atoms with Gasteiger partial charge in [0, 0.05) is 10.7 Å². The van der Waals surface area contributed by atoms with E-state index in [-0.39, 0.29) is 17.3 Å². The fourth-order valence-corrected chi connectivity index (χ4v) is 4.24. The van der Waals surface area contributed by atoms with Gasteiger partial charge in [-0.1, -0.05) is 17.7 Å². The van der Waals surface area contributed by atoms with E-state index in [1.54, 1.807) is 42.5 Å². The molecule has 1 saturated heterocycles. The number of methoxy groups -OCH3 is 1. The van der Waals surface area contributed by atoms with Gasteiger partial charge in [-0.05, 0) is 71.9 Å². The van der Waals surface area contributed by atoms with E-state index < -0.39 is 29.6 Å². The summed E-state index contributed by atoms with van der Waals surface area (Å²) in [5.41, 5.74) is 1.05. The van der Waals surface area contributed by atoms with Gasteiger partial charge in [0.05, 0.1) is 12.0 Å². The summed E-state index contributed by atoms with van der Waals surface area (Å²) in [6.07, 6.45) is 1.51. The lowest BCUT2D eigenvalue weighted by atomic mass is 10.2. The Hall–Kier alpha value is -4.22. The predicted molar refractivity (Wildman–Crippen MR) is 136 cm³/mol. The van der Waals surface area contributed by atoms with Crippen molar-refractivity contribution in [3.63, 3.8) is 0 Å². The first-order valence-electron chi connectivity index (χ1n) is 10.7. The average molecular weight is 543 g/mol. The summed E-state index contributed by atoms with van der Waals surface area (Å²) in [7, 11) is 1.44. The number of benzene rings is 2. The number of rotatable bonds is 9. The molecule has 4 rings (SSSR count). The van der Waals surface area contributed by atoms with Gasteiger partial charge < -0.3 is 24.3 Å². The average Bonchev–Trinajstić information content (AvgIpc) is 3.45. The quantitative estimate of drug-likeness (QED) is 0.362. The highest BCUT2D eigenvalue weighted by molar-refractivity contribution is 8.18. The number of carbonyl (C=O) groups is 4. The molecule has 190 valence electrons. The Kier molecular flexibility index (Phi) is 7.85. The van der Waals surface area contributed by atoms with Crippen molar-refractivity contribution in [3.05, 3.63) is 81.6 Å². The van der Waals surface area contributed by atoms with Crippen molar-refractivity contribution in [2.24, 2.45) is 0 Å². The Bertz CT molecular complexity index is 1400. The summed E-state index contributed by atoms with van der Waals surface area (Å²) in [5, 5.41) is 11.5. The van der Waals surface area contributed by atoms with E-state index >= 15 is 0 Å². The Morgan fingerprint density at radius 2 is 1.86 bits per heavy atom. The molecule has 1 fully saturated rings. The van der Waals surface area contributed by atoms with Crippen molar-refractivity contribution in [3.8, 4) is 11.5 Å². The Morgan fingerprint density at radius 3 is 2.54 bits per heavy atom. The second-order valence-corrected chi connectivity index (χ2v) is 9.02. The summed E-state index contributed by atoms with van der Waals surface area (Å²) >= 11 is 6.56. The van der Waals surface area contributed by atoms with Crippen LogP contribution in [0.4, 0.5) is 10.5 Å². The van der Waals surface area contributed by atoms with Crippen molar-refractivity contribution in [2.45, 2.75) is 6.61 Å². The van der Waals surface area contributed by atoms with Crippen LogP contribution in [0.15, 0.2) is 63.9 Å². The van der Waals surface area contributed by atoms with Crippen LogP contribution in [0.5, 0.6) is 11.5 Å². The van der Waals surface area contributed by atoms with Gasteiger partial charge in [0.2, 0.25) is 11.7 Å². The maximum absolute atomic E-state index is 12.8. The zero-order valence-electron chi connectivity index (χ0n) is 19.2. The van der Waals surface area contributed by atoms with Crippen LogP contribution < -0.4 is 14.8 Å². The third-order valence-electron chi connectivity index (χ3n) is 5.03. The van der Waals surface area contributed by atoms with E-state index in [0.29, 0.717) is 33.5 Å². The van der Waals surface area contributed by atoms with Crippen molar-refractivity contribution in [1.29, 1.82) is 0 Å². The molecule has 0 radical (unpaired) electrons. The predicted octanol–water partition coefficient (Wildman–Crippen LogP) is 4.89. The first kappa shape index (κ1) is 25.9. The molecule has 12 heteroatoms. The molecular formula is C25H19ClN2O8S. The molecule has 1 aliphatic heterocycles. The number of carboxylic acid groups (broad SMARTS) is 1. The van der Waals surface area contributed by atoms with Crippen LogP contribution in [-0.4, -0.2) is 46.7 Å². The van der Waals surface area contributed by atoms with Gasteiger partial charge in [-0.25, -0.2) is 4.79 Å². The molecule has 0 unspecified atom stereocenters. The number of amides is 3. The molecule has 10 nitrogen and oxygen atoms in total. The molecule has 0 saturated carbocycles. The van der Waals surface area contributed by atoms with E-state index in [9.17, 15) is 19.2 Å². The molecule has 0 spiro atoms. The number of aromatic carboxylic acids is 1. The van der Waals surface area contributed by atoms with Crippen LogP contribution in [-0.2, 0) is 16.2 Å². The highest BCUT2D eigenvalue weighted by Crippen LogP contribution is 2.35. The number of ether oxygens (including phenoxy) is 2. The van der Waals surface area contributed by atoms with Crippen molar-refractivity contribution >= 4 is 58.1 Å². The van der Waals surface area contributed by atoms with Gasteiger partial charge in [-0.15, -0.1) is 0 Å². The van der Waals surface area contributed by atoms with Gasteiger partial charge in [0.15, 0.2) is 11.5 Å². The number of thioether (sulfide) groups is 1. The summed E-state index contributed by atoms with van der Waals surface area (Å²) in [4.78, 5) is 49.5. The molecule has 37 heavy (non-hydrogen) atoms. The van der Waals surface area contributed by atoms with E-state index in [1.165, 1.54) is 25.3 Å². The second kappa shape index (κ2) is 11.2. The van der Waals surface area contributed by atoms with Crippen LogP contribution in [0.25, 0.3) is 6.08 Å². The zero-order valence-corrected chi connectivity index (χ0v) is 20.8. The van der Waals surface area contributed by atoms with Crippen molar-refractivity contribution in [2.75, 3.05) is 19.0 Å². The summed E-state index contributed by atoms with van der Waals surface area (Å²) < 4.78 is 16.2. The summed E-state index contributed by atoms with van der Waals surface area (Å²) in [6.45, 7) is -0.461. The lowest BCUT2D eigenvalue weighted by Gasteiger charge is -2.12. The van der Waals surface area contributed by atoms with Gasteiger partial charge in [0.25, 0.3) is 11.1 Å². The highest BCUT2D eigenvalue weighted by Gasteiger charge is 2.36. The number of nitrogens with one attached hydrogen (secondary N) is 1. The minimum atomic E-state index is -1.18. The molecule has 1 aliphatic rings. The van der Waals surface area contributed by atoms with Crippen LogP contribution in [0.3, 0.4) is 0 Å². The maximum atomic E-state index is 12.8. The van der Waals surface area contributed by atoms with E-state index in [4.69, 9.17) is 30.6 Å². The van der Waals surface area contributed by atoms with Crippen LogP contribution in [0.2, 0.25) is 5.02 Å². The number of hydrogen-bond donors (Lipinski definition) is 2. The molecule has 2 N–H and O–H groups in total. The molecule has 1 aromatic heterocycles. The van der Waals surface area contributed by atoms with E-state index in [2.05, 4.69) is 5.32 Å². The SMILES string of the molecule is COc1cc(/C=C2\SC(=O)N(CC(=O)Nc3ccc(Cl)cc3)C2=O)ccc1OCc1ccc(C(=O)O)o1. The van der Waals surface area contributed by atoms with Crippen LogP contribution >= 0.6 is 23.4 Å². The maximum Gasteiger partial charge on any atom is 0.371 e. The fourth-order valence-electron chi connectivity index (χ4n) is 3.28. The lowest BCUT2D eigenvalue weighted by molar-refractivity contribution is -0.127. The number of anilines is 1. The minimum absolute atomic E-state index is 0.0278.